The summed E-state index contributed by atoms with van der Waals surface area (Å²) < 4.78 is 6.57. The minimum absolute atomic E-state index is 0.116. The van der Waals surface area contributed by atoms with Crippen LogP contribution in [-0.2, 0) is 0 Å². The molecule has 0 fully saturated rings. The molecule has 2 heterocycles. The van der Waals surface area contributed by atoms with Crippen molar-refractivity contribution in [3.8, 4) is 22.6 Å². The number of nitrogens with zero attached hydrogens (tertiary/aromatic N) is 2. The summed E-state index contributed by atoms with van der Waals surface area (Å²) in [5.41, 5.74) is 3.51. The number of aromatic amines is 1. The number of ether oxygens (including phenoxy) is 1. The van der Waals surface area contributed by atoms with E-state index in [0.717, 1.165) is 0 Å². The molecule has 27 heavy (non-hydrogen) atoms. The molecular weight excluding hydrogens is 356 g/mol. The number of carboxylic acid groups (broad SMARTS) is 2. The van der Waals surface area contributed by atoms with Crippen molar-refractivity contribution in [2.24, 2.45) is 0 Å². The van der Waals surface area contributed by atoms with Crippen LogP contribution in [0.15, 0.2) is 41.5 Å². The van der Waals surface area contributed by atoms with Gasteiger partial charge in [0.05, 0.1) is 12.8 Å². The predicted molar refractivity (Wildman–Crippen MR) is 94.5 cm³/mol. The smallest absolute Gasteiger partial charge is 0.342 e. The molecule has 0 saturated heterocycles. The first-order valence-corrected chi connectivity index (χ1v) is 7.56. The van der Waals surface area contributed by atoms with E-state index < -0.39 is 34.4 Å². The molecule has 0 aliphatic carbocycles. The highest BCUT2D eigenvalue weighted by molar-refractivity contribution is 6.08. The molecule has 0 aliphatic heterocycles. The zero-order chi connectivity index (χ0) is 19.7. The summed E-state index contributed by atoms with van der Waals surface area (Å²) in [5, 5.41) is 23.2. The van der Waals surface area contributed by atoms with Gasteiger partial charge in [-0.25, -0.2) is 14.3 Å². The highest BCUT2D eigenvalue weighted by Gasteiger charge is 2.28. The van der Waals surface area contributed by atoms with E-state index in [4.69, 9.17) is 10.5 Å². The van der Waals surface area contributed by atoms with Gasteiger partial charge < -0.3 is 25.7 Å². The number of hydrogen-bond donors (Lipinski definition) is 4. The molecule has 0 atom stereocenters. The van der Waals surface area contributed by atoms with E-state index in [-0.39, 0.29) is 11.1 Å². The number of anilines is 1. The third-order valence-electron chi connectivity index (χ3n) is 3.90. The second kappa shape index (κ2) is 6.67. The topological polar surface area (TPSA) is 161 Å². The van der Waals surface area contributed by atoms with Crippen molar-refractivity contribution in [3.63, 3.8) is 0 Å². The Morgan fingerprint density at radius 2 is 1.93 bits per heavy atom. The van der Waals surface area contributed by atoms with Crippen LogP contribution >= 0.6 is 0 Å². The third-order valence-corrected chi connectivity index (χ3v) is 3.90. The molecule has 0 bridgehead atoms. The van der Waals surface area contributed by atoms with Crippen LogP contribution in [0, 0.1) is 0 Å². The molecule has 2 aromatic heterocycles. The number of pyridine rings is 1. The van der Waals surface area contributed by atoms with Crippen LogP contribution in [0.25, 0.3) is 16.8 Å². The molecule has 3 rings (SSSR count). The molecule has 1 aromatic carbocycles. The second-order valence-electron chi connectivity index (χ2n) is 5.44. The number of H-pyrrole nitrogens is 1. The number of aromatic carboxylic acids is 2. The lowest BCUT2D eigenvalue weighted by Crippen LogP contribution is -2.24. The Morgan fingerprint density at radius 3 is 2.48 bits per heavy atom. The standard InChI is InChI=1S/C17H14N4O6/c1-27-8-3-4-10(21-6-2-5-19-21)9(7-8)11-12(16(23)24)14(18)20-15(22)13(11)17(25)26/h2-7H,1H3,(H,23,24)(H,25,26)(H3,18,20,22). The summed E-state index contributed by atoms with van der Waals surface area (Å²) >= 11 is 0. The van der Waals surface area contributed by atoms with Gasteiger partial charge in [-0.05, 0) is 24.3 Å². The van der Waals surface area contributed by atoms with E-state index in [1.807, 2.05) is 0 Å². The molecule has 10 heteroatoms. The molecule has 10 nitrogen and oxygen atoms in total. The lowest BCUT2D eigenvalue weighted by Gasteiger charge is -2.16. The van der Waals surface area contributed by atoms with Crippen molar-refractivity contribution in [2.75, 3.05) is 12.8 Å². The number of aromatic nitrogens is 3. The van der Waals surface area contributed by atoms with Gasteiger partial charge in [0, 0.05) is 23.5 Å². The maximum absolute atomic E-state index is 12.2. The lowest BCUT2D eigenvalue weighted by molar-refractivity contribution is 0.0695. The van der Waals surface area contributed by atoms with Crippen LogP contribution in [0.5, 0.6) is 5.75 Å². The van der Waals surface area contributed by atoms with Crippen LogP contribution in [-0.4, -0.2) is 44.0 Å². The summed E-state index contributed by atoms with van der Waals surface area (Å²) in [4.78, 5) is 37.9. The zero-order valence-corrected chi connectivity index (χ0v) is 14.0. The van der Waals surface area contributed by atoms with Crippen molar-refractivity contribution in [3.05, 3.63) is 58.1 Å². The number of carbonyl (C=O) groups is 2. The normalized spacial score (nSPS) is 10.6. The van der Waals surface area contributed by atoms with Crippen molar-refractivity contribution >= 4 is 17.8 Å². The third kappa shape index (κ3) is 2.99. The Balaban J connectivity index is 2.52. The predicted octanol–water partition coefficient (Wildman–Crippen LogP) is 1.21. The van der Waals surface area contributed by atoms with Crippen molar-refractivity contribution < 1.29 is 24.5 Å². The van der Waals surface area contributed by atoms with Crippen molar-refractivity contribution in [1.29, 1.82) is 0 Å². The number of carboxylic acids is 2. The quantitative estimate of drug-likeness (QED) is 0.521. The van der Waals surface area contributed by atoms with Gasteiger partial charge in [0.1, 0.15) is 22.7 Å². The second-order valence-corrected chi connectivity index (χ2v) is 5.44. The number of benzene rings is 1. The SMILES string of the molecule is COc1ccc(-n2cccn2)c(-c2c(C(=O)O)c(N)[nH]c(=O)c2C(=O)O)c1. The first-order chi connectivity index (χ1) is 12.8. The fourth-order valence-electron chi connectivity index (χ4n) is 2.77. The lowest BCUT2D eigenvalue weighted by atomic mass is 9.94. The number of nitrogen functional groups attached to an aromatic ring is 1. The molecule has 5 N–H and O–H groups in total. The van der Waals surface area contributed by atoms with E-state index in [0.29, 0.717) is 11.4 Å². The minimum atomic E-state index is -1.59. The Labute approximate surface area is 151 Å². The van der Waals surface area contributed by atoms with Gasteiger partial charge in [-0.15, -0.1) is 0 Å². The van der Waals surface area contributed by atoms with Gasteiger partial charge in [-0.3, -0.25) is 4.79 Å². The van der Waals surface area contributed by atoms with Crippen LogP contribution in [0.1, 0.15) is 20.7 Å². The van der Waals surface area contributed by atoms with Crippen LogP contribution in [0.2, 0.25) is 0 Å². The summed E-state index contributed by atoms with van der Waals surface area (Å²) in [5.74, 6) is -3.22. The molecule has 0 amide bonds. The number of rotatable bonds is 5. The van der Waals surface area contributed by atoms with Gasteiger partial charge in [0.25, 0.3) is 5.56 Å². The van der Waals surface area contributed by atoms with E-state index in [1.54, 1.807) is 24.4 Å². The van der Waals surface area contributed by atoms with E-state index in [1.165, 1.54) is 24.1 Å². The van der Waals surface area contributed by atoms with Gasteiger partial charge in [0.2, 0.25) is 0 Å². The highest BCUT2D eigenvalue weighted by Crippen LogP contribution is 2.35. The van der Waals surface area contributed by atoms with Crippen molar-refractivity contribution in [2.45, 2.75) is 0 Å². The van der Waals surface area contributed by atoms with Gasteiger partial charge >= 0.3 is 11.9 Å². The van der Waals surface area contributed by atoms with Gasteiger partial charge in [0.15, 0.2) is 0 Å². The maximum Gasteiger partial charge on any atom is 0.342 e. The van der Waals surface area contributed by atoms with E-state index >= 15 is 0 Å². The largest absolute Gasteiger partial charge is 0.497 e. The first kappa shape index (κ1) is 17.7. The fourth-order valence-corrected chi connectivity index (χ4v) is 2.77. The van der Waals surface area contributed by atoms with Gasteiger partial charge in [-0.2, -0.15) is 5.10 Å². The monoisotopic (exact) mass is 370 g/mol. The van der Waals surface area contributed by atoms with Crippen molar-refractivity contribution in [1.82, 2.24) is 14.8 Å². The van der Waals surface area contributed by atoms with E-state index in [2.05, 4.69) is 10.1 Å². The number of nitrogens with one attached hydrogen (secondary N) is 1. The van der Waals surface area contributed by atoms with Crippen LogP contribution in [0.4, 0.5) is 5.82 Å². The summed E-state index contributed by atoms with van der Waals surface area (Å²) in [7, 11) is 1.40. The fraction of sp³-hybridized carbons (Fsp3) is 0.0588. The zero-order valence-electron chi connectivity index (χ0n) is 14.0. The maximum atomic E-state index is 12.2. The Bertz CT molecular complexity index is 1100. The van der Waals surface area contributed by atoms with Crippen LogP contribution < -0.4 is 16.0 Å². The Morgan fingerprint density at radius 1 is 1.22 bits per heavy atom. The molecule has 138 valence electrons. The average molecular weight is 370 g/mol. The number of methoxy groups -OCH3 is 1. The molecule has 0 radical (unpaired) electrons. The van der Waals surface area contributed by atoms with E-state index in [9.17, 15) is 24.6 Å². The Kier molecular flexibility index (Phi) is 4.38. The molecular formula is C17H14N4O6. The number of hydrogen-bond acceptors (Lipinski definition) is 6. The Hall–Kier alpha value is -4.08. The molecule has 3 aromatic rings. The molecule has 0 aliphatic rings. The average Bonchev–Trinajstić information content (AvgIpc) is 3.14. The highest BCUT2D eigenvalue weighted by atomic mass is 16.5. The van der Waals surface area contributed by atoms with Crippen LogP contribution in [0.3, 0.4) is 0 Å². The summed E-state index contributed by atoms with van der Waals surface area (Å²) in [6, 6.07) is 6.22. The molecule has 0 saturated carbocycles. The summed E-state index contributed by atoms with van der Waals surface area (Å²) in [6.45, 7) is 0. The minimum Gasteiger partial charge on any atom is -0.497 e. The molecule has 0 spiro atoms. The number of nitrogens with two attached hydrogens (primary N) is 1. The van der Waals surface area contributed by atoms with Gasteiger partial charge in [-0.1, -0.05) is 0 Å². The first-order valence-electron chi connectivity index (χ1n) is 7.56. The summed E-state index contributed by atoms with van der Waals surface area (Å²) in [6.07, 6.45) is 3.08. The molecule has 0 unspecified atom stereocenters.